The van der Waals surface area contributed by atoms with Crippen LogP contribution in [0.2, 0.25) is 0 Å². The monoisotopic (exact) mass is 219 g/mol. The molecular weight excluding hydrogens is 204 g/mol. The maximum atomic E-state index is 13.0. The number of alkyl halides is 2. The molecule has 0 atom stereocenters. The van der Waals surface area contributed by atoms with Gasteiger partial charge in [-0.3, -0.25) is 9.69 Å². The highest BCUT2D eigenvalue weighted by atomic mass is 19.3. The van der Waals surface area contributed by atoms with Crippen LogP contribution in [-0.4, -0.2) is 40.5 Å². The number of nitrogens with zero attached hydrogens (tertiary/aromatic N) is 1. The Morgan fingerprint density at radius 1 is 1.20 bits per heavy atom. The molecule has 3 nitrogen and oxygen atoms in total. The zero-order valence-electron chi connectivity index (χ0n) is 8.51. The lowest BCUT2D eigenvalue weighted by Gasteiger charge is -2.34. The van der Waals surface area contributed by atoms with Crippen molar-refractivity contribution in [3.8, 4) is 0 Å². The van der Waals surface area contributed by atoms with Gasteiger partial charge in [0, 0.05) is 13.0 Å². The van der Waals surface area contributed by atoms with Crippen LogP contribution in [0.15, 0.2) is 0 Å². The van der Waals surface area contributed by atoms with Gasteiger partial charge in [-0.1, -0.05) is 12.8 Å². The summed E-state index contributed by atoms with van der Waals surface area (Å²) in [6.07, 6.45) is 2.47. The summed E-state index contributed by atoms with van der Waals surface area (Å²) in [5.74, 6) is -3.64. The molecule has 0 radical (unpaired) electrons. The van der Waals surface area contributed by atoms with Crippen LogP contribution >= 0.6 is 0 Å². The molecule has 2 fully saturated rings. The third-order valence-electron chi connectivity index (χ3n) is 3.60. The zero-order valence-corrected chi connectivity index (χ0v) is 8.51. The summed E-state index contributed by atoms with van der Waals surface area (Å²) in [6, 6.07) is 0. The van der Waals surface area contributed by atoms with Gasteiger partial charge >= 0.3 is 5.97 Å². The second kappa shape index (κ2) is 3.40. The SMILES string of the molecule is O=C(O)C1(N2CCC(F)(F)C2)CCCC1. The largest absolute Gasteiger partial charge is 0.480 e. The van der Waals surface area contributed by atoms with Gasteiger partial charge in [0.2, 0.25) is 0 Å². The van der Waals surface area contributed by atoms with Gasteiger partial charge in [-0.2, -0.15) is 0 Å². The van der Waals surface area contributed by atoms with E-state index in [0.29, 0.717) is 12.8 Å². The minimum Gasteiger partial charge on any atom is -0.480 e. The van der Waals surface area contributed by atoms with Gasteiger partial charge in [0.1, 0.15) is 5.54 Å². The Labute approximate surface area is 87.1 Å². The van der Waals surface area contributed by atoms with Crippen LogP contribution in [-0.2, 0) is 4.79 Å². The average molecular weight is 219 g/mol. The van der Waals surface area contributed by atoms with Gasteiger partial charge in [-0.25, -0.2) is 8.78 Å². The van der Waals surface area contributed by atoms with Crippen molar-refractivity contribution in [3.05, 3.63) is 0 Å². The number of aliphatic carboxylic acids is 1. The van der Waals surface area contributed by atoms with Gasteiger partial charge in [0.25, 0.3) is 5.92 Å². The molecule has 0 bridgehead atoms. The third-order valence-corrected chi connectivity index (χ3v) is 3.60. The summed E-state index contributed by atoms with van der Waals surface area (Å²) >= 11 is 0. The summed E-state index contributed by atoms with van der Waals surface area (Å²) in [7, 11) is 0. The lowest BCUT2D eigenvalue weighted by molar-refractivity contribution is -0.151. The van der Waals surface area contributed by atoms with Crippen LogP contribution in [0.5, 0.6) is 0 Å². The fourth-order valence-corrected chi connectivity index (χ4v) is 2.73. The number of hydrogen-bond acceptors (Lipinski definition) is 2. The van der Waals surface area contributed by atoms with Gasteiger partial charge < -0.3 is 5.11 Å². The second-order valence-electron chi connectivity index (χ2n) is 4.57. The van der Waals surface area contributed by atoms with E-state index in [4.69, 9.17) is 0 Å². The Kier molecular flexibility index (Phi) is 2.45. The van der Waals surface area contributed by atoms with Crippen LogP contribution in [0.3, 0.4) is 0 Å². The van der Waals surface area contributed by atoms with Crippen LogP contribution < -0.4 is 0 Å². The zero-order chi connectivity index (χ0) is 11.1. The highest BCUT2D eigenvalue weighted by Gasteiger charge is 2.52. The number of hydrogen-bond donors (Lipinski definition) is 1. The summed E-state index contributed by atoms with van der Waals surface area (Å²) in [5.41, 5.74) is -1.00. The molecule has 0 unspecified atom stereocenters. The first kappa shape index (κ1) is 10.8. The summed E-state index contributed by atoms with van der Waals surface area (Å²) < 4.78 is 26.1. The normalized spacial score (nSPS) is 29.5. The minimum absolute atomic E-state index is 0.206. The van der Waals surface area contributed by atoms with E-state index in [1.165, 1.54) is 4.90 Å². The minimum atomic E-state index is -2.70. The van der Waals surface area contributed by atoms with Gasteiger partial charge in [-0.05, 0) is 12.8 Å². The van der Waals surface area contributed by atoms with E-state index >= 15 is 0 Å². The molecule has 1 N–H and O–H groups in total. The first-order valence-electron chi connectivity index (χ1n) is 5.33. The molecule has 1 heterocycles. The number of carbonyl (C=O) groups is 1. The van der Waals surface area contributed by atoms with Crippen molar-refractivity contribution < 1.29 is 18.7 Å². The van der Waals surface area contributed by atoms with Gasteiger partial charge in [0.05, 0.1) is 6.54 Å². The smallest absolute Gasteiger partial charge is 0.324 e. The Bertz CT molecular complexity index is 275. The molecule has 0 aromatic carbocycles. The Morgan fingerprint density at radius 3 is 2.20 bits per heavy atom. The van der Waals surface area contributed by atoms with Crippen LogP contribution in [0.1, 0.15) is 32.1 Å². The number of rotatable bonds is 2. The molecule has 15 heavy (non-hydrogen) atoms. The van der Waals surface area contributed by atoms with Gasteiger partial charge in [-0.15, -0.1) is 0 Å². The molecule has 2 rings (SSSR count). The molecule has 1 saturated carbocycles. The average Bonchev–Trinajstić information content (AvgIpc) is 2.71. The molecule has 86 valence electrons. The molecule has 0 aromatic rings. The Hall–Kier alpha value is -0.710. The van der Waals surface area contributed by atoms with E-state index in [9.17, 15) is 18.7 Å². The summed E-state index contributed by atoms with van der Waals surface area (Å²) in [4.78, 5) is 12.7. The van der Waals surface area contributed by atoms with E-state index in [2.05, 4.69) is 0 Å². The van der Waals surface area contributed by atoms with Gasteiger partial charge in [0.15, 0.2) is 0 Å². The topological polar surface area (TPSA) is 40.5 Å². The molecule has 1 saturated heterocycles. The lowest BCUT2D eigenvalue weighted by atomic mass is 9.96. The van der Waals surface area contributed by atoms with Crippen LogP contribution in [0.25, 0.3) is 0 Å². The highest BCUT2D eigenvalue weighted by Crippen LogP contribution is 2.40. The van der Waals surface area contributed by atoms with Crippen LogP contribution in [0.4, 0.5) is 8.78 Å². The van der Waals surface area contributed by atoms with Crippen molar-refractivity contribution in [2.75, 3.05) is 13.1 Å². The predicted octanol–water partition coefficient (Wildman–Crippen LogP) is 1.72. The van der Waals surface area contributed by atoms with Crippen molar-refractivity contribution in [2.24, 2.45) is 0 Å². The summed E-state index contributed by atoms with van der Waals surface area (Å²) in [5, 5.41) is 9.21. The molecule has 2 aliphatic rings. The molecule has 0 spiro atoms. The maximum Gasteiger partial charge on any atom is 0.324 e. The van der Waals surface area contributed by atoms with Crippen LogP contribution in [0, 0.1) is 0 Å². The van der Waals surface area contributed by atoms with Crippen molar-refractivity contribution >= 4 is 5.97 Å². The van der Waals surface area contributed by atoms with Crippen molar-refractivity contribution in [1.82, 2.24) is 4.90 Å². The molecule has 0 amide bonds. The summed E-state index contributed by atoms with van der Waals surface area (Å²) in [6.45, 7) is -0.182. The van der Waals surface area contributed by atoms with E-state index in [1.807, 2.05) is 0 Å². The molecular formula is C10H15F2NO2. The quantitative estimate of drug-likeness (QED) is 0.768. The highest BCUT2D eigenvalue weighted by molar-refractivity contribution is 5.79. The first-order valence-corrected chi connectivity index (χ1v) is 5.33. The molecule has 1 aliphatic heterocycles. The van der Waals surface area contributed by atoms with Crippen molar-refractivity contribution in [1.29, 1.82) is 0 Å². The maximum absolute atomic E-state index is 13.0. The fraction of sp³-hybridized carbons (Fsp3) is 0.900. The predicted molar refractivity (Wildman–Crippen MR) is 50.0 cm³/mol. The Balaban J connectivity index is 2.17. The van der Waals surface area contributed by atoms with E-state index in [-0.39, 0.29) is 19.5 Å². The van der Waals surface area contributed by atoms with E-state index in [0.717, 1.165) is 12.8 Å². The molecule has 1 aliphatic carbocycles. The Morgan fingerprint density at radius 2 is 1.80 bits per heavy atom. The number of likely N-dealkylation sites (tertiary alicyclic amines) is 1. The molecule has 5 heteroatoms. The molecule has 0 aromatic heterocycles. The number of carboxylic acids is 1. The second-order valence-corrected chi connectivity index (χ2v) is 4.57. The standard InChI is InChI=1S/C10H15F2NO2/c11-10(12)5-6-13(7-10)9(8(14)15)3-1-2-4-9/h1-7H2,(H,14,15). The number of carboxylic acid groups (broad SMARTS) is 1. The van der Waals surface area contributed by atoms with E-state index < -0.39 is 17.4 Å². The third kappa shape index (κ3) is 1.73. The fourth-order valence-electron chi connectivity index (χ4n) is 2.73. The first-order chi connectivity index (χ1) is 6.96. The number of halogens is 2. The lowest BCUT2D eigenvalue weighted by Crippen LogP contribution is -2.52. The van der Waals surface area contributed by atoms with Crippen molar-refractivity contribution in [3.63, 3.8) is 0 Å². The van der Waals surface area contributed by atoms with Crippen molar-refractivity contribution in [2.45, 2.75) is 43.6 Å². The van der Waals surface area contributed by atoms with E-state index in [1.54, 1.807) is 0 Å².